The van der Waals surface area contributed by atoms with Crippen LogP contribution >= 0.6 is 35.5 Å². The normalized spacial score (nSPS) is 10.4. The van der Waals surface area contributed by atoms with Crippen LogP contribution < -0.4 is 5.73 Å². The second-order valence-corrected chi connectivity index (χ2v) is 6.34. The molecule has 5 heteroatoms. The molecule has 1 aromatic heterocycles. The van der Waals surface area contributed by atoms with Gasteiger partial charge in [-0.2, -0.15) is 0 Å². The van der Waals surface area contributed by atoms with Gasteiger partial charge in [0.15, 0.2) is 4.34 Å². The third-order valence-electron chi connectivity index (χ3n) is 2.66. The molecule has 0 amide bonds. The Labute approximate surface area is 126 Å². The molecular formula is C14H13ClN2S2. The maximum absolute atomic E-state index is 5.59. The SMILES string of the molecule is Cl.NCc1cnc(Sc2ccc3ccccc3c2)s1. The fourth-order valence-corrected chi connectivity index (χ4v) is 3.69. The van der Waals surface area contributed by atoms with Crippen LogP contribution in [-0.4, -0.2) is 4.98 Å². The third-order valence-corrected chi connectivity index (χ3v) is 4.74. The molecule has 3 aromatic rings. The molecule has 0 aliphatic carbocycles. The molecule has 3 rings (SSSR count). The molecule has 0 spiro atoms. The maximum Gasteiger partial charge on any atom is 0.154 e. The largest absolute Gasteiger partial charge is 0.326 e. The van der Waals surface area contributed by atoms with Gasteiger partial charge in [0.1, 0.15) is 0 Å². The Balaban J connectivity index is 0.00000133. The molecule has 2 nitrogen and oxygen atoms in total. The highest BCUT2D eigenvalue weighted by atomic mass is 35.5. The van der Waals surface area contributed by atoms with Crippen molar-refractivity contribution in [3.05, 3.63) is 53.5 Å². The summed E-state index contributed by atoms with van der Waals surface area (Å²) in [5, 5.41) is 2.53. The van der Waals surface area contributed by atoms with Gasteiger partial charge in [-0.15, -0.1) is 23.7 Å². The van der Waals surface area contributed by atoms with E-state index in [1.807, 2.05) is 6.20 Å². The predicted octanol–water partition coefficient (Wildman–Crippen LogP) is 4.33. The van der Waals surface area contributed by atoms with E-state index < -0.39 is 0 Å². The van der Waals surface area contributed by atoms with Crippen LogP contribution in [0.1, 0.15) is 4.88 Å². The van der Waals surface area contributed by atoms with Crippen molar-refractivity contribution < 1.29 is 0 Å². The van der Waals surface area contributed by atoms with Crippen molar-refractivity contribution >= 4 is 46.3 Å². The molecule has 1 heterocycles. The van der Waals surface area contributed by atoms with Crippen LogP contribution in [0.5, 0.6) is 0 Å². The van der Waals surface area contributed by atoms with E-state index in [1.165, 1.54) is 15.7 Å². The van der Waals surface area contributed by atoms with Crippen LogP contribution in [0.3, 0.4) is 0 Å². The van der Waals surface area contributed by atoms with E-state index in [2.05, 4.69) is 47.4 Å². The molecular weight excluding hydrogens is 296 g/mol. The second-order valence-electron chi connectivity index (χ2n) is 3.91. The average Bonchev–Trinajstić information content (AvgIpc) is 2.86. The number of hydrogen-bond donors (Lipinski definition) is 1. The quantitative estimate of drug-likeness (QED) is 0.783. The summed E-state index contributed by atoms with van der Waals surface area (Å²) < 4.78 is 1.05. The van der Waals surface area contributed by atoms with Crippen molar-refractivity contribution in [3.8, 4) is 0 Å². The molecule has 98 valence electrons. The number of nitrogens with zero attached hydrogens (tertiary/aromatic N) is 1. The number of aromatic nitrogens is 1. The lowest BCUT2D eigenvalue weighted by molar-refractivity contribution is 1.09. The number of thiazole rings is 1. The number of halogens is 1. The number of benzene rings is 2. The summed E-state index contributed by atoms with van der Waals surface area (Å²) in [6.45, 7) is 0.565. The summed E-state index contributed by atoms with van der Waals surface area (Å²) in [6.07, 6.45) is 1.86. The molecule has 0 saturated carbocycles. The Bertz CT molecular complexity index is 682. The first-order valence-electron chi connectivity index (χ1n) is 5.66. The Morgan fingerprint density at radius 2 is 1.89 bits per heavy atom. The Morgan fingerprint density at radius 3 is 2.63 bits per heavy atom. The molecule has 0 aliphatic rings. The summed E-state index contributed by atoms with van der Waals surface area (Å²) in [5.74, 6) is 0. The van der Waals surface area contributed by atoms with E-state index in [4.69, 9.17) is 5.73 Å². The molecule has 0 unspecified atom stereocenters. The summed E-state index contributed by atoms with van der Waals surface area (Å²) in [7, 11) is 0. The zero-order chi connectivity index (χ0) is 12.4. The van der Waals surface area contributed by atoms with Gasteiger partial charge >= 0.3 is 0 Å². The van der Waals surface area contributed by atoms with Crippen molar-refractivity contribution in [2.24, 2.45) is 5.73 Å². The summed E-state index contributed by atoms with van der Waals surface area (Å²) >= 11 is 3.35. The van der Waals surface area contributed by atoms with Gasteiger partial charge in [-0.1, -0.05) is 42.1 Å². The van der Waals surface area contributed by atoms with E-state index in [0.29, 0.717) is 6.54 Å². The van der Waals surface area contributed by atoms with Crippen molar-refractivity contribution in [2.75, 3.05) is 0 Å². The molecule has 0 fully saturated rings. The fraction of sp³-hybridized carbons (Fsp3) is 0.0714. The van der Waals surface area contributed by atoms with Gasteiger partial charge in [0.2, 0.25) is 0 Å². The van der Waals surface area contributed by atoms with Crippen molar-refractivity contribution in [2.45, 2.75) is 15.8 Å². The van der Waals surface area contributed by atoms with Crippen LogP contribution in [0, 0.1) is 0 Å². The molecule has 2 N–H and O–H groups in total. The highest BCUT2D eigenvalue weighted by Gasteiger charge is 2.03. The lowest BCUT2D eigenvalue weighted by Crippen LogP contribution is -1.91. The smallest absolute Gasteiger partial charge is 0.154 e. The van der Waals surface area contributed by atoms with Gasteiger partial charge in [-0.05, 0) is 22.9 Å². The van der Waals surface area contributed by atoms with Crippen molar-refractivity contribution in [1.29, 1.82) is 0 Å². The van der Waals surface area contributed by atoms with E-state index in [0.717, 1.165) is 9.22 Å². The maximum atomic E-state index is 5.59. The Hall–Kier alpha value is -1.07. The summed E-state index contributed by atoms with van der Waals surface area (Å²) in [6, 6.07) is 14.9. The van der Waals surface area contributed by atoms with E-state index in [9.17, 15) is 0 Å². The lowest BCUT2D eigenvalue weighted by atomic mass is 10.1. The van der Waals surface area contributed by atoms with Crippen LogP contribution in [0.2, 0.25) is 0 Å². The fourth-order valence-electron chi connectivity index (χ4n) is 1.76. The average molecular weight is 309 g/mol. The van der Waals surface area contributed by atoms with Crippen LogP contribution in [-0.2, 0) is 6.54 Å². The van der Waals surface area contributed by atoms with Crippen molar-refractivity contribution in [1.82, 2.24) is 4.98 Å². The monoisotopic (exact) mass is 308 g/mol. The van der Waals surface area contributed by atoms with Gasteiger partial charge in [0.25, 0.3) is 0 Å². The molecule has 19 heavy (non-hydrogen) atoms. The molecule has 2 aromatic carbocycles. The number of hydrogen-bond acceptors (Lipinski definition) is 4. The summed E-state index contributed by atoms with van der Waals surface area (Å²) in [4.78, 5) is 6.70. The highest BCUT2D eigenvalue weighted by molar-refractivity contribution is 8.01. The van der Waals surface area contributed by atoms with E-state index in [1.54, 1.807) is 23.1 Å². The minimum absolute atomic E-state index is 0. The summed E-state index contributed by atoms with van der Waals surface area (Å²) in [5.41, 5.74) is 5.59. The van der Waals surface area contributed by atoms with Gasteiger partial charge in [0, 0.05) is 22.5 Å². The lowest BCUT2D eigenvalue weighted by Gasteiger charge is -2.01. The minimum atomic E-state index is 0. The molecule has 0 atom stereocenters. The number of rotatable bonds is 3. The standard InChI is InChI=1S/C14H12N2S2.ClH/c15-8-13-9-16-14(18-13)17-12-6-5-10-3-1-2-4-11(10)7-12;/h1-7,9H,8,15H2;1H. The first-order valence-corrected chi connectivity index (χ1v) is 7.30. The Morgan fingerprint density at radius 1 is 1.11 bits per heavy atom. The van der Waals surface area contributed by atoms with Gasteiger partial charge in [0.05, 0.1) is 0 Å². The van der Waals surface area contributed by atoms with Crippen LogP contribution in [0.15, 0.2) is 57.9 Å². The molecule has 0 bridgehead atoms. The van der Waals surface area contributed by atoms with Crippen molar-refractivity contribution in [3.63, 3.8) is 0 Å². The molecule has 0 saturated heterocycles. The first kappa shape index (κ1) is 14.3. The van der Waals surface area contributed by atoms with E-state index in [-0.39, 0.29) is 12.4 Å². The topological polar surface area (TPSA) is 38.9 Å². The number of fused-ring (bicyclic) bond motifs is 1. The molecule has 0 aliphatic heterocycles. The van der Waals surface area contributed by atoms with Gasteiger partial charge in [-0.3, -0.25) is 0 Å². The second kappa shape index (κ2) is 6.39. The Kier molecular flexibility index (Phi) is 4.82. The molecule has 0 radical (unpaired) electrons. The van der Waals surface area contributed by atoms with Crippen LogP contribution in [0.4, 0.5) is 0 Å². The highest BCUT2D eigenvalue weighted by Crippen LogP contribution is 2.32. The number of nitrogens with two attached hydrogens (primary N) is 1. The first-order chi connectivity index (χ1) is 8.85. The van der Waals surface area contributed by atoms with E-state index >= 15 is 0 Å². The third kappa shape index (κ3) is 3.28. The van der Waals surface area contributed by atoms with Crippen LogP contribution in [0.25, 0.3) is 10.8 Å². The van der Waals surface area contributed by atoms with Gasteiger partial charge < -0.3 is 5.73 Å². The predicted molar refractivity (Wildman–Crippen MR) is 85.3 cm³/mol. The zero-order valence-electron chi connectivity index (χ0n) is 10.1. The minimum Gasteiger partial charge on any atom is -0.326 e. The van der Waals surface area contributed by atoms with Gasteiger partial charge in [-0.25, -0.2) is 4.98 Å². The zero-order valence-corrected chi connectivity index (χ0v) is 12.5.